The Hall–Kier alpha value is -5.14. The van der Waals surface area contributed by atoms with Crippen LogP contribution >= 0.6 is 11.3 Å². The van der Waals surface area contributed by atoms with E-state index < -0.39 is 6.04 Å². The maximum atomic E-state index is 14.2. The molecule has 0 spiro atoms. The predicted molar refractivity (Wildman–Crippen MR) is 178 cm³/mol. The fraction of sp³-hybridized carbons (Fsp3) is 0.278. The standard InChI is InChI=1S/C36H36N4O5S/c1-6-39(7-2)35(42)32-23(4)38-36-40(33(32)27-15-11-12-16-28(27)43-5)34(41)31(46-36)20-24-17-18-29(30(19-24)44-8-3)45-22-26-14-10-9-13-25(26)21-37/h9-20,33H,6-8,22H2,1-5H3/b31-20+/t33-/m1/s1. The number of nitrogens with zero attached hydrogens (tertiary/aromatic N) is 4. The molecule has 1 aliphatic heterocycles. The van der Waals surface area contributed by atoms with E-state index in [0.29, 0.717) is 68.7 Å². The van der Waals surface area contributed by atoms with Crippen LogP contribution in [0, 0.1) is 11.3 Å². The van der Waals surface area contributed by atoms with Crippen LogP contribution in [0.4, 0.5) is 0 Å². The van der Waals surface area contributed by atoms with Crippen LogP contribution in [-0.2, 0) is 11.4 Å². The first kappa shape index (κ1) is 32.3. The first-order valence-electron chi connectivity index (χ1n) is 15.2. The molecule has 0 radical (unpaired) electrons. The van der Waals surface area contributed by atoms with Crippen LogP contribution in [0.1, 0.15) is 56.0 Å². The highest BCUT2D eigenvalue weighted by Gasteiger charge is 2.35. The summed E-state index contributed by atoms with van der Waals surface area (Å²) in [5.74, 6) is 1.47. The van der Waals surface area contributed by atoms with E-state index in [0.717, 1.165) is 11.1 Å². The van der Waals surface area contributed by atoms with Crippen LogP contribution in [0.2, 0.25) is 0 Å². The number of para-hydroxylation sites is 1. The number of carbonyl (C=O) groups excluding carboxylic acids is 1. The zero-order valence-corrected chi connectivity index (χ0v) is 27.4. The van der Waals surface area contributed by atoms with Crippen molar-refractivity contribution >= 4 is 23.3 Å². The van der Waals surface area contributed by atoms with Crippen molar-refractivity contribution in [2.24, 2.45) is 4.99 Å². The number of rotatable bonds is 11. The topological polar surface area (TPSA) is 106 Å². The normalized spacial score (nSPS) is 14.3. The zero-order valence-electron chi connectivity index (χ0n) is 26.6. The summed E-state index contributed by atoms with van der Waals surface area (Å²) < 4.78 is 19.7. The van der Waals surface area contributed by atoms with Crippen molar-refractivity contribution in [1.82, 2.24) is 9.47 Å². The number of fused-ring (bicyclic) bond motifs is 1. The fourth-order valence-electron chi connectivity index (χ4n) is 5.53. The van der Waals surface area contributed by atoms with Crippen molar-refractivity contribution in [2.45, 2.75) is 40.3 Å². The van der Waals surface area contributed by atoms with Crippen molar-refractivity contribution in [3.05, 3.63) is 120 Å². The lowest BCUT2D eigenvalue weighted by Crippen LogP contribution is -2.43. The van der Waals surface area contributed by atoms with Gasteiger partial charge in [-0.2, -0.15) is 5.26 Å². The fourth-order valence-corrected chi connectivity index (χ4v) is 6.57. The summed E-state index contributed by atoms with van der Waals surface area (Å²) in [5, 5.41) is 9.43. The van der Waals surface area contributed by atoms with Crippen LogP contribution in [0.25, 0.3) is 6.08 Å². The molecule has 9 nitrogen and oxygen atoms in total. The van der Waals surface area contributed by atoms with Gasteiger partial charge < -0.3 is 19.1 Å². The molecule has 0 unspecified atom stereocenters. The van der Waals surface area contributed by atoms with Crippen molar-refractivity contribution in [1.29, 1.82) is 5.26 Å². The van der Waals surface area contributed by atoms with Crippen LogP contribution in [-0.4, -0.2) is 42.2 Å². The van der Waals surface area contributed by atoms with Crippen molar-refractivity contribution < 1.29 is 19.0 Å². The number of hydrogen-bond donors (Lipinski definition) is 0. The number of aromatic nitrogens is 1. The Morgan fingerprint density at radius 2 is 1.76 bits per heavy atom. The van der Waals surface area contributed by atoms with Crippen molar-refractivity contribution in [2.75, 3.05) is 26.8 Å². The largest absolute Gasteiger partial charge is 0.496 e. The maximum absolute atomic E-state index is 14.2. The van der Waals surface area contributed by atoms with Gasteiger partial charge in [0.1, 0.15) is 18.4 Å². The Labute approximate surface area is 271 Å². The van der Waals surface area contributed by atoms with Crippen molar-refractivity contribution in [3.8, 4) is 23.3 Å². The third kappa shape index (κ3) is 6.32. The number of likely N-dealkylation sites (N-methyl/N-ethyl adjacent to an activating group) is 1. The molecule has 3 aromatic carbocycles. The molecule has 236 valence electrons. The Bertz CT molecular complexity index is 2020. The first-order chi connectivity index (χ1) is 22.3. The van der Waals surface area contributed by atoms with Crippen LogP contribution in [0.5, 0.6) is 17.2 Å². The van der Waals surface area contributed by atoms with E-state index in [2.05, 4.69) is 6.07 Å². The molecule has 0 bridgehead atoms. The number of benzene rings is 3. The zero-order chi connectivity index (χ0) is 32.8. The molecule has 1 amide bonds. The van der Waals surface area contributed by atoms with Gasteiger partial charge in [-0.1, -0.05) is 53.8 Å². The van der Waals surface area contributed by atoms with Gasteiger partial charge in [0.2, 0.25) is 0 Å². The summed E-state index contributed by atoms with van der Waals surface area (Å²) in [6, 6.07) is 21.7. The molecule has 0 aliphatic carbocycles. The van der Waals surface area contributed by atoms with E-state index in [-0.39, 0.29) is 18.1 Å². The van der Waals surface area contributed by atoms with Crippen LogP contribution in [0.3, 0.4) is 0 Å². The van der Waals surface area contributed by atoms with E-state index in [9.17, 15) is 14.9 Å². The maximum Gasteiger partial charge on any atom is 0.271 e. The number of ether oxygens (including phenoxy) is 3. The molecule has 0 N–H and O–H groups in total. The van der Waals surface area contributed by atoms with Crippen molar-refractivity contribution in [3.63, 3.8) is 0 Å². The molecule has 0 saturated carbocycles. The number of allylic oxidation sites excluding steroid dienone is 1. The van der Waals surface area contributed by atoms with E-state index in [1.807, 2.05) is 82.3 Å². The first-order valence-corrected chi connectivity index (χ1v) is 16.0. The third-order valence-electron chi connectivity index (χ3n) is 7.82. The summed E-state index contributed by atoms with van der Waals surface area (Å²) in [5.41, 5.74) is 3.53. The second-order valence-electron chi connectivity index (χ2n) is 10.5. The Morgan fingerprint density at radius 1 is 1.02 bits per heavy atom. The number of nitriles is 1. The SMILES string of the molecule is CCOc1cc(/C=c2/sc3n(c2=O)[C@H](c2ccccc2OC)C(C(=O)N(CC)CC)=C(C)N=3)ccc1OCc1ccccc1C#N. The molecule has 0 fully saturated rings. The predicted octanol–water partition coefficient (Wildman–Crippen LogP) is 4.96. The number of thiazole rings is 1. The molecular weight excluding hydrogens is 600 g/mol. The number of amides is 1. The second-order valence-corrected chi connectivity index (χ2v) is 11.5. The summed E-state index contributed by atoms with van der Waals surface area (Å²) in [6.07, 6.45) is 1.80. The van der Waals surface area contributed by atoms with Gasteiger partial charge in [0, 0.05) is 24.2 Å². The smallest absolute Gasteiger partial charge is 0.271 e. The monoisotopic (exact) mass is 636 g/mol. The average molecular weight is 637 g/mol. The summed E-state index contributed by atoms with van der Waals surface area (Å²) in [4.78, 5) is 35.1. The highest BCUT2D eigenvalue weighted by Crippen LogP contribution is 2.36. The lowest BCUT2D eigenvalue weighted by Gasteiger charge is -2.29. The summed E-state index contributed by atoms with van der Waals surface area (Å²) >= 11 is 1.27. The highest BCUT2D eigenvalue weighted by atomic mass is 32.1. The van der Waals surface area contributed by atoms with Gasteiger partial charge in [0.25, 0.3) is 11.5 Å². The Morgan fingerprint density at radius 3 is 2.48 bits per heavy atom. The van der Waals surface area contributed by atoms with Crippen LogP contribution in [0.15, 0.2) is 87.8 Å². The second kappa shape index (κ2) is 14.3. The number of methoxy groups -OCH3 is 1. The van der Waals surface area contributed by atoms with Crippen LogP contribution < -0.4 is 29.1 Å². The average Bonchev–Trinajstić information content (AvgIpc) is 3.37. The van der Waals surface area contributed by atoms with Gasteiger partial charge in [0.05, 0.1) is 41.2 Å². The minimum Gasteiger partial charge on any atom is -0.496 e. The van der Waals surface area contributed by atoms with Gasteiger partial charge in [-0.3, -0.25) is 14.2 Å². The lowest BCUT2D eigenvalue weighted by atomic mass is 9.94. The third-order valence-corrected chi connectivity index (χ3v) is 8.81. The molecule has 0 saturated heterocycles. The number of carbonyl (C=O) groups is 1. The Kier molecular flexibility index (Phi) is 10.0. The van der Waals surface area contributed by atoms with Gasteiger partial charge in [-0.25, -0.2) is 4.99 Å². The molecule has 4 aromatic rings. The van der Waals surface area contributed by atoms with E-state index >= 15 is 0 Å². The highest BCUT2D eigenvalue weighted by molar-refractivity contribution is 7.07. The van der Waals surface area contributed by atoms with Gasteiger partial charge in [-0.15, -0.1) is 0 Å². The van der Waals surface area contributed by atoms with E-state index in [1.54, 1.807) is 34.8 Å². The molecular formula is C36H36N4O5S. The van der Waals surface area contributed by atoms with Gasteiger partial charge in [-0.05, 0) is 63.6 Å². The lowest BCUT2D eigenvalue weighted by molar-refractivity contribution is -0.127. The number of hydrogen-bond acceptors (Lipinski definition) is 8. The Balaban J connectivity index is 1.59. The molecule has 2 heterocycles. The summed E-state index contributed by atoms with van der Waals surface area (Å²) in [6.45, 7) is 9.25. The molecule has 5 rings (SSSR count). The minimum absolute atomic E-state index is 0.161. The molecule has 1 atom stereocenters. The minimum atomic E-state index is -0.714. The molecule has 10 heteroatoms. The quantitative estimate of drug-likeness (QED) is 0.231. The van der Waals surface area contributed by atoms with Gasteiger partial charge in [0.15, 0.2) is 16.3 Å². The summed E-state index contributed by atoms with van der Waals surface area (Å²) in [7, 11) is 1.58. The molecule has 1 aliphatic rings. The van der Waals surface area contributed by atoms with E-state index in [4.69, 9.17) is 19.2 Å². The molecule has 46 heavy (non-hydrogen) atoms. The molecule has 1 aromatic heterocycles. The van der Waals surface area contributed by atoms with E-state index in [1.165, 1.54) is 11.3 Å². The van der Waals surface area contributed by atoms with Gasteiger partial charge >= 0.3 is 0 Å².